The number of sulfonamides is 1. The highest BCUT2D eigenvalue weighted by Crippen LogP contribution is 2.31. The Labute approximate surface area is 177 Å². The van der Waals surface area contributed by atoms with Gasteiger partial charge in [-0.15, -0.1) is 0 Å². The Morgan fingerprint density at radius 2 is 2.00 bits per heavy atom. The van der Waals surface area contributed by atoms with Crippen LogP contribution in [0.5, 0.6) is 5.75 Å². The number of benzene rings is 2. The van der Waals surface area contributed by atoms with Gasteiger partial charge in [0.25, 0.3) is 0 Å². The number of amides is 1. The van der Waals surface area contributed by atoms with Gasteiger partial charge in [-0.1, -0.05) is 18.2 Å². The van der Waals surface area contributed by atoms with Gasteiger partial charge in [-0.05, 0) is 55.2 Å². The van der Waals surface area contributed by atoms with Crippen LogP contribution in [0.25, 0.3) is 0 Å². The van der Waals surface area contributed by atoms with E-state index in [-0.39, 0.29) is 17.3 Å². The molecule has 1 heterocycles. The first-order valence-electron chi connectivity index (χ1n) is 9.76. The number of ether oxygens (including phenoxy) is 1. The zero-order valence-corrected chi connectivity index (χ0v) is 17.9. The predicted octanol–water partition coefficient (Wildman–Crippen LogP) is 3.11. The maximum Gasteiger partial charge on any atom is 0.246 e. The van der Waals surface area contributed by atoms with Crippen molar-refractivity contribution in [1.29, 1.82) is 5.26 Å². The largest absolute Gasteiger partial charge is 0.495 e. The Morgan fingerprint density at radius 1 is 1.27 bits per heavy atom. The van der Waals surface area contributed by atoms with Gasteiger partial charge in [-0.25, -0.2) is 8.42 Å². The monoisotopic (exact) mass is 427 g/mol. The Kier molecular flexibility index (Phi) is 6.75. The maximum absolute atomic E-state index is 13.2. The van der Waals surface area contributed by atoms with Crippen LogP contribution >= 0.6 is 0 Å². The summed E-state index contributed by atoms with van der Waals surface area (Å²) in [5, 5.41) is 11.6. The van der Waals surface area contributed by atoms with Crippen molar-refractivity contribution in [3.63, 3.8) is 0 Å². The van der Waals surface area contributed by atoms with Gasteiger partial charge in [0.05, 0.1) is 25.5 Å². The van der Waals surface area contributed by atoms with Gasteiger partial charge in [0, 0.05) is 18.8 Å². The van der Waals surface area contributed by atoms with Crippen LogP contribution in [0.4, 0.5) is 5.69 Å². The van der Waals surface area contributed by atoms with E-state index in [0.717, 1.165) is 11.1 Å². The molecule has 1 saturated heterocycles. The first kappa shape index (κ1) is 21.8. The summed E-state index contributed by atoms with van der Waals surface area (Å²) in [5.74, 6) is -0.355. The van der Waals surface area contributed by atoms with Crippen molar-refractivity contribution in [2.45, 2.75) is 31.1 Å². The van der Waals surface area contributed by atoms with Crippen molar-refractivity contribution in [3.8, 4) is 11.8 Å². The number of rotatable bonds is 6. The number of carbonyl (C=O) groups excluding carboxylic acids is 1. The van der Waals surface area contributed by atoms with Gasteiger partial charge < -0.3 is 10.1 Å². The van der Waals surface area contributed by atoms with E-state index >= 15 is 0 Å². The number of anilines is 1. The quantitative estimate of drug-likeness (QED) is 0.764. The molecule has 0 bridgehead atoms. The van der Waals surface area contributed by atoms with Gasteiger partial charge in [-0.2, -0.15) is 9.57 Å². The second-order valence-corrected chi connectivity index (χ2v) is 9.28. The standard InChI is InChI=1S/C22H25N3O4S/c1-16-5-10-20(29-2)21(14-16)30(27,28)25-13-3-4-18(15-25)22(26)24-19-8-6-17(7-9-19)11-12-23/h5-10,14,18H,3-4,11,13,15H2,1-2H3,(H,24,26)/t18-/m1/s1. The molecule has 30 heavy (non-hydrogen) atoms. The SMILES string of the molecule is COc1ccc(C)cc1S(=O)(=O)N1CCC[C@@H](C(=O)Nc2ccc(CC#N)cc2)C1. The number of piperidine rings is 1. The first-order chi connectivity index (χ1) is 14.3. The minimum Gasteiger partial charge on any atom is -0.495 e. The summed E-state index contributed by atoms with van der Waals surface area (Å²) >= 11 is 0. The van der Waals surface area contributed by atoms with Crippen molar-refractivity contribution in [2.24, 2.45) is 5.92 Å². The molecule has 3 rings (SSSR count). The molecule has 0 aliphatic carbocycles. The average Bonchev–Trinajstić information content (AvgIpc) is 2.75. The van der Waals surface area contributed by atoms with Crippen LogP contribution in [0.3, 0.4) is 0 Å². The third-order valence-electron chi connectivity index (χ3n) is 5.20. The lowest BCUT2D eigenvalue weighted by atomic mass is 9.98. The number of aryl methyl sites for hydroxylation is 1. The highest BCUT2D eigenvalue weighted by Gasteiger charge is 2.35. The van der Waals surface area contributed by atoms with Gasteiger partial charge in [-0.3, -0.25) is 4.79 Å². The Morgan fingerprint density at radius 3 is 2.67 bits per heavy atom. The van der Waals surface area contributed by atoms with Gasteiger partial charge in [0.1, 0.15) is 10.6 Å². The number of nitriles is 1. The number of nitrogens with one attached hydrogen (secondary N) is 1. The summed E-state index contributed by atoms with van der Waals surface area (Å²) in [6.07, 6.45) is 1.54. The first-order valence-corrected chi connectivity index (χ1v) is 11.2. The van der Waals surface area contributed by atoms with E-state index in [1.54, 1.807) is 42.5 Å². The lowest BCUT2D eigenvalue weighted by Crippen LogP contribution is -2.43. The van der Waals surface area contributed by atoms with E-state index < -0.39 is 15.9 Å². The Bertz CT molecular complexity index is 1060. The smallest absolute Gasteiger partial charge is 0.246 e. The van der Waals surface area contributed by atoms with Crippen LogP contribution < -0.4 is 10.1 Å². The van der Waals surface area contributed by atoms with E-state index in [2.05, 4.69) is 11.4 Å². The minimum atomic E-state index is -3.78. The molecule has 0 spiro atoms. The molecule has 1 aliphatic heterocycles. The van der Waals surface area contributed by atoms with E-state index in [9.17, 15) is 13.2 Å². The fourth-order valence-corrected chi connectivity index (χ4v) is 5.31. The summed E-state index contributed by atoms with van der Waals surface area (Å²) in [4.78, 5) is 12.9. The van der Waals surface area contributed by atoms with Crippen molar-refractivity contribution in [2.75, 3.05) is 25.5 Å². The molecule has 158 valence electrons. The number of methoxy groups -OCH3 is 1. The molecule has 0 saturated carbocycles. The molecule has 1 fully saturated rings. The number of hydrogen-bond donors (Lipinski definition) is 1. The van der Waals surface area contributed by atoms with Crippen LogP contribution in [0.2, 0.25) is 0 Å². The average molecular weight is 428 g/mol. The van der Waals surface area contributed by atoms with E-state index in [1.165, 1.54) is 11.4 Å². The third kappa shape index (κ3) is 4.81. The molecule has 0 unspecified atom stereocenters. The summed E-state index contributed by atoms with van der Waals surface area (Å²) in [6, 6.07) is 14.2. The van der Waals surface area contributed by atoms with Crippen molar-refractivity contribution in [3.05, 3.63) is 53.6 Å². The zero-order chi connectivity index (χ0) is 21.7. The molecule has 7 nitrogen and oxygen atoms in total. The summed E-state index contributed by atoms with van der Waals surface area (Å²) in [7, 11) is -2.34. The van der Waals surface area contributed by atoms with Crippen LogP contribution in [0, 0.1) is 24.2 Å². The summed E-state index contributed by atoms with van der Waals surface area (Å²) < 4.78 is 33.1. The molecule has 0 aromatic heterocycles. The van der Waals surface area contributed by atoms with Gasteiger partial charge in [0.2, 0.25) is 15.9 Å². The fourth-order valence-electron chi connectivity index (χ4n) is 3.54. The van der Waals surface area contributed by atoms with Crippen LogP contribution in [-0.2, 0) is 21.2 Å². The Hall–Kier alpha value is -2.89. The third-order valence-corrected chi connectivity index (χ3v) is 7.08. The van der Waals surface area contributed by atoms with Crippen molar-refractivity contribution in [1.82, 2.24) is 4.31 Å². The minimum absolute atomic E-state index is 0.123. The van der Waals surface area contributed by atoms with E-state index in [4.69, 9.17) is 10.00 Å². The highest BCUT2D eigenvalue weighted by molar-refractivity contribution is 7.89. The topological polar surface area (TPSA) is 99.5 Å². The molecule has 1 atom stereocenters. The van der Waals surface area contributed by atoms with Crippen molar-refractivity contribution >= 4 is 21.6 Å². The molecule has 1 aliphatic rings. The summed E-state index contributed by atoms with van der Waals surface area (Å²) in [5.41, 5.74) is 2.32. The molecule has 0 radical (unpaired) electrons. The normalized spacial score (nSPS) is 17.2. The van der Waals surface area contributed by atoms with Crippen LogP contribution in [0.15, 0.2) is 47.4 Å². The van der Waals surface area contributed by atoms with E-state index in [1.807, 2.05) is 6.92 Å². The Balaban J connectivity index is 1.74. The molecule has 1 N–H and O–H groups in total. The molecule has 1 amide bonds. The molecule has 2 aromatic rings. The number of hydrogen-bond acceptors (Lipinski definition) is 5. The molecule has 8 heteroatoms. The lowest BCUT2D eigenvalue weighted by Gasteiger charge is -2.31. The zero-order valence-electron chi connectivity index (χ0n) is 17.1. The second kappa shape index (κ2) is 9.28. The number of carbonyl (C=O) groups is 1. The highest BCUT2D eigenvalue weighted by atomic mass is 32.2. The predicted molar refractivity (Wildman–Crippen MR) is 114 cm³/mol. The summed E-state index contributed by atoms with van der Waals surface area (Å²) in [6.45, 7) is 2.32. The molecule has 2 aromatic carbocycles. The van der Waals surface area contributed by atoms with Gasteiger partial charge >= 0.3 is 0 Å². The maximum atomic E-state index is 13.2. The fraction of sp³-hybridized carbons (Fsp3) is 0.364. The van der Waals surface area contributed by atoms with E-state index in [0.29, 0.717) is 37.2 Å². The lowest BCUT2D eigenvalue weighted by molar-refractivity contribution is -0.120. The van der Waals surface area contributed by atoms with Crippen molar-refractivity contribution < 1.29 is 17.9 Å². The van der Waals surface area contributed by atoms with Crippen LogP contribution in [0.1, 0.15) is 24.0 Å². The van der Waals surface area contributed by atoms with Gasteiger partial charge in [0.15, 0.2) is 0 Å². The number of nitrogens with zero attached hydrogens (tertiary/aromatic N) is 2. The van der Waals surface area contributed by atoms with Crippen LogP contribution in [-0.4, -0.2) is 38.8 Å². The molecular weight excluding hydrogens is 402 g/mol. The molecular formula is C22H25N3O4S. The second-order valence-electron chi connectivity index (χ2n) is 7.38.